The minimum Gasteiger partial charge on any atom is -0.481 e. The summed E-state index contributed by atoms with van der Waals surface area (Å²) < 4.78 is 0. The Kier molecular flexibility index (Phi) is 10.4. The largest absolute Gasteiger partial charge is 0.481 e. The highest BCUT2D eigenvalue weighted by Gasteiger charge is 2.28. The van der Waals surface area contributed by atoms with E-state index >= 15 is 0 Å². The predicted molar refractivity (Wildman–Crippen MR) is 131 cm³/mol. The van der Waals surface area contributed by atoms with Crippen molar-refractivity contribution in [1.29, 1.82) is 0 Å². The Morgan fingerprint density at radius 1 is 1.00 bits per heavy atom. The number of H-pyrrole nitrogens is 1. The number of rotatable bonds is 14. The van der Waals surface area contributed by atoms with E-state index < -0.39 is 60.8 Å². The number of carboxylic acid groups (broad SMARTS) is 2. The number of carboxylic acids is 2. The molecule has 12 heteroatoms. The first-order valence-electron chi connectivity index (χ1n) is 11.6. The fourth-order valence-electron chi connectivity index (χ4n) is 3.69. The Labute approximate surface area is 208 Å². The van der Waals surface area contributed by atoms with Crippen molar-refractivity contribution in [2.24, 2.45) is 11.7 Å². The lowest BCUT2D eigenvalue weighted by Gasteiger charge is -2.22. The first-order chi connectivity index (χ1) is 17.0. The summed E-state index contributed by atoms with van der Waals surface area (Å²) in [6.07, 6.45) is 1.36. The van der Waals surface area contributed by atoms with Gasteiger partial charge < -0.3 is 36.9 Å². The van der Waals surface area contributed by atoms with Crippen LogP contribution in [0.1, 0.15) is 38.7 Å². The second-order valence-electron chi connectivity index (χ2n) is 8.97. The number of carbonyl (C=O) groups excluding carboxylic acids is 3. The van der Waals surface area contributed by atoms with Crippen LogP contribution in [0.25, 0.3) is 10.9 Å². The number of aliphatic carboxylic acids is 2. The smallest absolute Gasteiger partial charge is 0.326 e. The van der Waals surface area contributed by atoms with Crippen molar-refractivity contribution in [2.75, 3.05) is 6.54 Å². The van der Waals surface area contributed by atoms with Crippen molar-refractivity contribution in [3.63, 3.8) is 0 Å². The van der Waals surface area contributed by atoms with Gasteiger partial charge in [-0.05, 0) is 30.4 Å². The lowest BCUT2D eigenvalue weighted by Crippen LogP contribution is -2.54. The molecule has 0 aliphatic rings. The summed E-state index contributed by atoms with van der Waals surface area (Å²) in [6, 6.07) is 3.90. The monoisotopic (exact) mass is 503 g/mol. The van der Waals surface area contributed by atoms with Crippen LogP contribution in [0, 0.1) is 5.92 Å². The van der Waals surface area contributed by atoms with Gasteiger partial charge in [0.2, 0.25) is 17.7 Å². The lowest BCUT2D eigenvalue weighted by atomic mass is 10.0. The predicted octanol–water partition coefficient (Wildman–Crippen LogP) is 0.119. The van der Waals surface area contributed by atoms with Crippen molar-refractivity contribution in [3.8, 4) is 0 Å². The van der Waals surface area contributed by atoms with Crippen LogP contribution in [-0.4, -0.2) is 69.5 Å². The highest BCUT2D eigenvalue weighted by Crippen LogP contribution is 2.19. The average Bonchev–Trinajstić information content (AvgIpc) is 3.21. The topological polar surface area (TPSA) is 204 Å². The van der Waals surface area contributed by atoms with Gasteiger partial charge in [0, 0.05) is 29.9 Å². The van der Waals surface area contributed by atoms with E-state index in [0.29, 0.717) is 12.0 Å². The number of aromatic nitrogens is 1. The van der Waals surface area contributed by atoms with Crippen LogP contribution in [0.4, 0.5) is 0 Å². The van der Waals surface area contributed by atoms with Crippen molar-refractivity contribution >= 4 is 40.6 Å². The van der Waals surface area contributed by atoms with Gasteiger partial charge in [0.15, 0.2) is 0 Å². The molecule has 2 aromatic rings. The normalized spacial score (nSPS) is 13.6. The summed E-state index contributed by atoms with van der Waals surface area (Å²) >= 11 is 0. The number of amides is 3. The molecule has 0 aliphatic carbocycles. The third-order valence-electron chi connectivity index (χ3n) is 5.50. The van der Waals surface area contributed by atoms with Gasteiger partial charge >= 0.3 is 11.9 Å². The SMILES string of the molecule is CC(C)CC(N)C(=O)NCC(=O)NC(Cc1c[nH]c2ccccc12)C(=O)NC(CCC(=O)O)C(=O)O. The fourth-order valence-corrected chi connectivity index (χ4v) is 3.69. The third kappa shape index (κ3) is 8.69. The number of fused-ring (bicyclic) bond motifs is 1. The van der Waals surface area contributed by atoms with Crippen LogP contribution in [0.3, 0.4) is 0 Å². The van der Waals surface area contributed by atoms with Gasteiger partial charge in [-0.25, -0.2) is 4.79 Å². The summed E-state index contributed by atoms with van der Waals surface area (Å²) in [5.74, 6) is -4.38. The maximum atomic E-state index is 13.0. The zero-order valence-corrected chi connectivity index (χ0v) is 20.2. The Morgan fingerprint density at radius 2 is 1.69 bits per heavy atom. The molecular weight excluding hydrogens is 470 g/mol. The summed E-state index contributed by atoms with van der Waals surface area (Å²) in [4.78, 5) is 63.2. The highest BCUT2D eigenvalue weighted by atomic mass is 16.4. The molecule has 1 aromatic carbocycles. The number of para-hydroxylation sites is 1. The molecule has 196 valence electrons. The minimum atomic E-state index is -1.45. The van der Waals surface area contributed by atoms with Crippen LogP contribution in [0.15, 0.2) is 30.5 Å². The average molecular weight is 504 g/mol. The van der Waals surface area contributed by atoms with E-state index in [4.69, 9.17) is 10.8 Å². The van der Waals surface area contributed by atoms with E-state index in [1.807, 2.05) is 38.1 Å². The second-order valence-corrected chi connectivity index (χ2v) is 8.97. The van der Waals surface area contributed by atoms with E-state index in [9.17, 15) is 29.1 Å². The molecular formula is C24H33N5O7. The van der Waals surface area contributed by atoms with Crippen LogP contribution in [0.2, 0.25) is 0 Å². The standard InChI is InChI=1S/C24H33N5O7/c1-13(2)9-16(25)22(33)27-12-20(30)28-19(10-14-11-26-17-6-4-3-5-15(14)17)23(34)29-18(24(35)36)7-8-21(31)32/h3-6,11,13,16,18-19,26H,7-10,12,25H2,1-2H3,(H,27,33)(H,28,30)(H,29,34)(H,31,32)(H,35,36). The van der Waals surface area contributed by atoms with Crippen molar-refractivity contribution in [3.05, 3.63) is 36.0 Å². The Bertz CT molecular complexity index is 1100. The Hall–Kier alpha value is -3.93. The summed E-state index contributed by atoms with van der Waals surface area (Å²) in [7, 11) is 0. The number of nitrogens with one attached hydrogen (secondary N) is 4. The number of hydrogen-bond donors (Lipinski definition) is 7. The molecule has 0 aliphatic heterocycles. The molecule has 0 fully saturated rings. The van der Waals surface area contributed by atoms with Crippen molar-refractivity contribution in [2.45, 2.75) is 57.7 Å². The number of benzene rings is 1. The molecule has 1 aromatic heterocycles. The van der Waals surface area contributed by atoms with Crippen LogP contribution in [-0.2, 0) is 30.4 Å². The molecule has 1 heterocycles. The first-order valence-corrected chi connectivity index (χ1v) is 11.6. The van der Waals surface area contributed by atoms with Gasteiger partial charge in [-0.1, -0.05) is 32.0 Å². The number of carbonyl (C=O) groups is 5. The number of aromatic amines is 1. The zero-order valence-electron chi connectivity index (χ0n) is 20.2. The molecule has 8 N–H and O–H groups in total. The fraction of sp³-hybridized carbons (Fsp3) is 0.458. The van der Waals surface area contributed by atoms with Crippen molar-refractivity contribution in [1.82, 2.24) is 20.9 Å². The summed E-state index contributed by atoms with van der Waals surface area (Å²) in [6.45, 7) is 3.40. The van der Waals surface area contributed by atoms with Gasteiger partial charge in [0.05, 0.1) is 12.6 Å². The molecule has 0 bridgehead atoms. The maximum Gasteiger partial charge on any atom is 0.326 e. The Morgan fingerprint density at radius 3 is 2.33 bits per heavy atom. The van der Waals surface area contributed by atoms with Gasteiger partial charge in [0.1, 0.15) is 12.1 Å². The first kappa shape index (κ1) is 28.3. The number of nitrogens with two attached hydrogens (primary N) is 1. The van der Waals surface area contributed by atoms with Crippen LogP contribution in [0.5, 0.6) is 0 Å². The van der Waals surface area contributed by atoms with E-state index in [1.54, 1.807) is 6.20 Å². The van der Waals surface area contributed by atoms with Gasteiger partial charge in [-0.15, -0.1) is 0 Å². The highest BCUT2D eigenvalue weighted by molar-refractivity contribution is 5.93. The van der Waals surface area contributed by atoms with Crippen LogP contribution < -0.4 is 21.7 Å². The molecule has 2 rings (SSSR count). The zero-order chi connectivity index (χ0) is 26.8. The Balaban J connectivity index is 2.14. The molecule has 3 unspecified atom stereocenters. The van der Waals surface area contributed by atoms with E-state index in [2.05, 4.69) is 20.9 Å². The molecule has 3 amide bonds. The summed E-state index contributed by atoms with van der Waals surface area (Å²) in [5.41, 5.74) is 7.34. The van der Waals surface area contributed by atoms with Gasteiger partial charge in [-0.2, -0.15) is 0 Å². The summed E-state index contributed by atoms with van der Waals surface area (Å²) in [5, 5.41) is 26.4. The van der Waals surface area contributed by atoms with Gasteiger partial charge in [-0.3, -0.25) is 19.2 Å². The van der Waals surface area contributed by atoms with E-state index in [1.165, 1.54) is 0 Å². The number of hydrogen-bond acceptors (Lipinski definition) is 6. The van der Waals surface area contributed by atoms with E-state index in [-0.39, 0.29) is 18.8 Å². The molecule has 3 atom stereocenters. The minimum absolute atomic E-state index is 0.0215. The lowest BCUT2D eigenvalue weighted by molar-refractivity contribution is -0.143. The molecule has 12 nitrogen and oxygen atoms in total. The maximum absolute atomic E-state index is 13.0. The third-order valence-corrected chi connectivity index (χ3v) is 5.50. The van der Waals surface area contributed by atoms with Gasteiger partial charge in [0.25, 0.3) is 0 Å². The molecule has 0 radical (unpaired) electrons. The molecule has 0 saturated carbocycles. The van der Waals surface area contributed by atoms with E-state index in [0.717, 1.165) is 10.9 Å². The van der Waals surface area contributed by atoms with Crippen LogP contribution >= 0.6 is 0 Å². The molecule has 0 saturated heterocycles. The molecule has 0 spiro atoms. The second kappa shape index (κ2) is 13.2. The van der Waals surface area contributed by atoms with Crippen molar-refractivity contribution < 1.29 is 34.2 Å². The molecule has 36 heavy (non-hydrogen) atoms. The quantitative estimate of drug-likeness (QED) is 0.188.